The zero-order chi connectivity index (χ0) is 21.5. The number of hydrogen-bond donors (Lipinski definition) is 1. The third-order valence-corrected chi connectivity index (χ3v) is 5.35. The molecule has 2 aromatic carbocycles. The lowest BCUT2D eigenvalue weighted by molar-refractivity contribution is 0.102. The van der Waals surface area contributed by atoms with Crippen molar-refractivity contribution in [1.29, 1.82) is 0 Å². The Morgan fingerprint density at radius 2 is 1.71 bits per heavy atom. The molecule has 5 nitrogen and oxygen atoms in total. The zero-order valence-corrected chi connectivity index (χ0v) is 17.7. The summed E-state index contributed by atoms with van der Waals surface area (Å²) in [6, 6.07) is 19.2. The van der Waals surface area contributed by atoms with E-state index in [4.69, 9.17) is 0 Å². The van der Waals surface area contributed by atoms with Gasteiger partial charge in [-0.3, -0.25) is 14.7 Å². The predicted molar refractivity (Wildman–Crippen MR) is 124 cm³/mol. The number of amides is 1. The highest BCUT2D eigenvalue weighted by atomic mass is 16.1. The zero-order valence-electron chi connectivity index (χ0n) is 17.7. The second kappa shape index (κ2) is 10.0. The van der Waals surface area contributed by atoms with Crippen LogP contribution in [0.5, 0.6) is 0 Å². The standard InChI is InChI=1S/C26H26N4O/c1-29-14-16-30(17-15-29)20-23-9-11-25(12-10-23)28-26(31)24-6-2-4-21(18-24)7-8-22-5-3-13-27-19-22/h2-6,9-13,18-19H,14-17,20H2,1H3,(H,28,31). The summed E-state index contributed by atoms with van der Waals surface area (Å²) in [7, 11) is 2.16. The topological polar surface area (TPSA) is 48.5 Å². The fourth-order valence-corrected chi connectivity index (χ4v) is 3.48. The Hall–Kier alpha value is -3.46. The third kappa shape index (κ3) is 6.02. The van der Waals surface area contributed by atoms with Crippen LogP contribution in [0, 0.1) is 11.8 Å². The van der Waals surface area contributed by atoms with E-state index in [9.17, 15) is 4.79 Å². The Morgan fingerprint density at radius 3 is 2.45 bits per heavy atom. The second-order valence-corrected chi connectivity index (χ2v) is 7.80. The van der Waals surface area contributed by atoms with Gasteiger partial charge in [-0.25, -0.2) is 0 Å². The Balaban J connectivity index is 1.36. The highest BCUT2D eigenvalue weighted by Crippen LogP contribution is 2.14. The Morgan fingerprint density at radius 1 is 0.968 bits per heavy atom. The number of anilines is 1. The van der Waals surface area contributed by atoms with E-state index in [0.29, 0.717) is 5.56 Å². The van der Waals surface area contributed by atoms with Crippen molar-refractivity contribution in [2.24, 2.45) is 0 Å². The van der Waals surface area contributed by atoms with Crippen LogP contribution in [0.3, 0.4) is 0 Å². The number of likely N-dealkylation sites (N-methyl/N-ethyl adjacent to an activating group) is 1. The van der Waals surface area contributed by atoms with Crippen LogP contribution in [0.2, 0.25) is 0 Å². The maximum absolute atomic E-state index is 12.7. The molecule has 31 heavy (non-hydrogen) atoms. The number of nitrogens with one attached hydrogen (secondary N) is 1. The van der Waals surface area contributed by atoms with Crippen LogP contribution in [0.4, 0.5) is 5.69 Å². The number of aromatic nitrogens is 1. The fourth-order valence-electron chi connectivity index (χ4n) is 3.48. The van der Waals surface area contributed by atoms with E-state index in [0.717, 1.165) is 49.5 Å². The number of piperazine rings is 1. The van der Waals surface area contributed by atoms with Crippen molar-refractivity contribution in [3.05, 3.63) is 95.3 Å². The van der Waals surface area contributed by atoms with Gasteiger partial charge in [-0.2, -0.15) is 0 Å². The molecular weight excluding hydrogens is 384 g/mol. The van der Waals surface area contributed by atoms with Gasteiger partial charge in [0.25, 0.3) is 5.91 Å². The van der Waals surface area contributed by atoms with Crippen molar-refractivity contribution in [2.45, 2.75) is 6.54 Å². The average Bonchev–Trinajstić information content (AvgIpc) is 2.81. The summed E-state index contributed by atoms with van der Waals surface area (Å²) in [5, 5.41) is 2.98. The maximum Gasteiger partial charge on any atom is 0.255 e. The molecule has 0 unspecified atom stereocenters. The van der Waals surface area contributed by atoms with Gasteiger partial charge in [-0.15, -0.1) is 0 Å². The molecule has 4 rings (SSSR count). The molecule has 3 aromatic rings. The molecule has 156 valence electrons. The summed E-state index contributed by atoms with van der Waals surface area (Å²) in [5.41, 5.74) is 4.27. The van der Waals surface area contributed by atoms with E-state index in [1.807, 2.05) is 36.4 Å². The van der Waals surface area contributed by atoms with Gasteiger partial charge < -0.3 is 10.2 Å². The molecule has 1 aliphatic heterocycles. The number of nitrogens with zero attached hydrogens (tertiary/aromatic N) is 3. The summed E-state index contributed by atoms with van der Waals surface area (Å²) >= 11 is 0. The summed E-state index contributed by atoms with van der Waals surface area (Å²) in [6.07, 6.45) is 3.44. The second-order valence-electron chi connectivity index (χ2n) is 7.80. The molecule has 2 heterocycles. The van der Waals surface area contributed by atoms with E-state index in [-0.39, 0.29) is 5.91 Å². The number of hydrogen-bond acceptors (Lipinski definition) is 4. The minimum absolute atomic E-state index is 0.142. The van der Waals surface area contributed by atoms with Gasteiger partial charge in [-0.05, 0) is 55.1 Å². The van der Waals surface area contributed by atoms with E-state index < -0.39 is 0 Å². The van der Waals surface area contributed by atoms with Gasteiger partial charge in [0.15, 0.2) is 0 Å². The monoisotopic (exact) mass is 410 g/mol. The molecule has 1 amide bonds. The van der Waals surface area contributed by atoms with Crippen LogP contribution in [-0.2, 0) is 6.54 Å². The van der Waals surface area contributed by atoms with Crippen molar-refractivity contribution in [3.8, 4) is 11.8 Å². The summed E-state index contributed by atoms with van der Waals surface area (Å²) < 4.78 is 0. The fraction of sp³-hybridized carbons (Fsp3) is 0.231. The highest BCUT2D eigenvalue weighted by molar-refractivity contribution is 6.04. The minimum Gasteiger partial charge on any atom is -0.322 e. The lowest BCUT2D eigenvalue weighted by Gasteiger charge is -2.32. The van der Waals surface area contributed by atoms with Gasteiger partial charge in [-0.1, -0.05) is 30.0 Å². The molecule has 1 aliphatic rings. The molecule has 0 atom stereocenters. The first-order valence-electron chi connectivity index (χ1n) is 10.5. The van der Waals surface area contributed by atoms with Crippen LogP contribution in [0.25, 0.3) is 0 Å². The van der Waals surface area contributed by atoms with Crippen LogP contribution < -0.4 is 5.32 Å². The van der Waals surface area contributed by atoms with Crippen molar-refractivity contribution in [3.63, 3.8) is 0 Å². The largest absolute Gasteiger partial charge is 0.322 e. The average molecular weight is 411 g/mol. The number of benzene rings is 2. The summed E-state index contributed by atoms with van der Waals surface area (Å²) in [6.45, 7) is 5.35. The number of pyridine rings is 1. The SMILES string of the molecule is CN1CCN(Cc2ccc(NC(=O)c3cccc(C#Cc4cccnc4)c3)cc2)CC1. The Bertz CT molecular complexity index is 1080. The van der Waals surface area contributed by atoms with E-state index >= 15 is 0 Å². The van der Waals surface area contributed by atoms with Gasteiger partial charge in [0.2, 0.25) is 0 Å². The molecular formula is C26H26N4O. The summed E-state index contributed by atoms with van der Waals surface area (Å²) in [4.78, 5) is 21.6. The van der Waals surface area contributed by atoms with Crippen molar-refractivity contribution in [2.75, 3.05) is 38.5 Å². The number of rotatable bonds is 4. The predicted octanol–water partition coefficient (Wildman–Crippen LogP) is 3.48. The molecule has 0 spiro atoms. The van der Waals surface area contributed by atoms with Gasteiger partial charge >= 0.3 is 0 Å². The minimum atomic E-state index is -0.142. The maximum atomic E-state index is 12.7. The molecule has 0 saturated carbocycles. The van der Waals surface area contributed by atoms with Crippen LogP contribution in [0.15, 0.2) is 73.1 Å². The van der Waals surface area contributed by atoms with E-state index in [1.54, 1.807) is 24.5 Å². The summed E-state index contributed by atoms with van der Waals surface area (Å²) in [5.74, 6) is 6.02. The lowest BCUT2D eigenvalue weighted by Crippen LogP contribution is -2.43. The van der Waals surface area contributed by atoms with Crippen LogP contribution in [-0.4, -0.2) is 53.9 Å². The van der Waals surface area contributed by atoms with E-state index in [1.165, 1.54) is 5.56 Å². The highest BCUT2D eigenvalue weighted by Gasteiger charge is 2.14. The third-order valence-electron chi connectivity index (χ3n) is 5.35. The lowest BCUT2D eigenvalue weighted by atomic mass is 10.1. The normalized spacial score (nSPS) is 14.5. The molecule has 0 aliphatic carbocycles. The van der Waals surface area contributed by atoms with Gasteiger partial charge in [0, 0.05) is 67.5 Å². The number of carbonyl (C=O) groups excluding carboxylic acids is 1. The molecule has 1 fully saturated rings. The van der Waals surface area contributed by atoms with Crippen LogP contribution >= 0.6 is 0 Å². The molecule has 0 bridgehead atoms. The molecule has 1 saturated heterocycles. The molecule has 1 N–H and O–H groups in total. The molecule has 1 aromatic heterocycles. The van der Waals surface area contributed by atoms with Crippen LogP contribution in [0.1, 0.15) is 27.0 Å². The first-order chi connectivity index (χ1) is 15.2. The van der Waals surface area contributed by atoms with E-state index in [2.05, 4.69) is 51.1 Å². The molecule has 0 radical (unpaired) electrons. The van der Waals surface area contributed by atoms with Crippen molar-refractivity contribution >= 4 is 11.6 Å². The van der Waals surface area contributed by atoms with Crippen molar-refractivity contribution in [1.82, 2.24) is 14.8 Å². The first-order valence-corrected chi connectivity index (χ1v) is 10.5. The first kappa shape index (κ1) is 20.8. The van der Waals surface area contributed by atoms with Gasteiger partial charge in [0.05, 0.1) is 0 Å². The molecule has 5 heteroatoms. The van der Waals surface area contributed by atoms with Crippen molar-refractivity contribution < 1.29 is 4.79 Å². The Labute approximate surface area is 183 Å². The quantitative estimate of drug-likeness (QED) is 0.669. The smallest absolute Gasteiger partial charge is 0.255 e. The van der Waals surface area contributed by atoms with Gasteiger partial charge in [0.1, 0.15) is 0 Å². The number of carbonyl (C=O) groups is 1. The Kier molecular flexibility index (Phi) is 6.73.